The number of rotatable bonds is 4. The molecule has 154 valence electrons. The number of hydrogen-bond acceptors (Lipinski definition) is 4. The van der Waals surface area contributed by atoms with Crippen molar-refractivity contribution in [2.45, 2.75) is 0 Å². The number of aryl methyl sites for hydroxylation is 1. The average molecular weight is 509 g/mol. The molecule has 0 aliphatic carbocycles. The van der Waals surface area contributed by atoms with Crippen LogP contribution in [0, 0.1) is 0 Å². The van der Waals surface area contributed by atoms with Gasteiger partial charge in [0.15, 0.2) is 29.2 Å². The highest BCUT2D eigenvalue weighted by molar-refractivity contribution is 6.14. The van der Waals surface area contributed by atoms with E-state index in [9.17, 15) is 0 Å². The summed E-state index contributed by atoms with van der Waals surface area (Å²) in [4.78, 5) is 0. The second kappa shape index (κ2) is 8.87. The maximum Gasteiger partial charge on any atom is 0.220 e. The molecular formula is C22H24INO5. The molecule has 0 saturated carbocycles. The Labute approximate surface area is 186 Å². The molecule has 3 aromatic carbocycles. The zero-order valence-electron chi connectivity index (χ0n) is 17.0. The lowest BCUT2D eigenvalue weighted by Crippen LogP contribution is -3.00. The Balaban J connectivity index is 0.00000150. The highest BCUT2D eigenvalue weighted by Gasteiger charge is 2.18. The predicted octanol–water partition coefficient (Wildman–Crippen LogP) is 0.184. The lowest BCUT2D eigenvalue weighted by molar-refractivity contribution is -0.642. The standard InChI is InChI=1S/C22H22NO4.HI.H2O/c1-23-12-14-9-19(25-3)20(26-4)10-16(14)15-7-6-13-8-18(24-2)21(27-5)11-17(13)22(15)23;;/h6-12H,1-5H3;1H;1H2/q+1;;/p-1. The molecule has 0 unspecified atom stereocenters. The molecule has 29 heavy (non-hydrogen) atoms. The lowest BCUT2D eigenvalue weighted by Gasteiger charge is -2.12. The number of halogens is 1. The Morgan fingerprint density at radius 2 is 1.10 bits per heavy atom. The molecule has 2 N–H and O–H groups in total. The van der Waals surface area contributed by atoms with Crippen molar-refractivity contribution in [1.82, 2.24) is 0 Å². The predicted molar refractivity (Wildman–Crippen MR) is 110 cm³/mol. The van der Waals surface area contributed by atoms with Gasteiger partial charge in [0, 0.05) is 5.39 Å². The molecule has 1 heterocycles. The number of methoxy groups -OCH3 is 4. The van der Waals surface area contributed by atoms with E-state index < -0.39 is 0 Å². The summed E-state index contributed by atoms with van der Waals surface area (Å²) in [7, 11) is 8.66. The van der Waals surface area contributed by atoms with Gasteiger partial charge in [-0.25, -0.2) is 0 Å². The van der Waals surface area contributed by atoms with Crippen LogP contribution in [0.2, 0.25) is 0 Å². The number of nitrogens with zero attached hydrogens (tertiary/aromatic N) is 1. The fraction of sp³-hybridized carbons (Fsp3) is 0.227. The van der Waals surface area contributed by atoms with Gasteiger partial charge >= 0.3 is 0 Å². The fourth-order valence-electron chi connectivity index (χ4n) is 3.74. The van der Waals surface area contributed by atoms with Crippen molar-refractivity contribution in [2.24, 2.45) is 7.05 Å². The molecule has 0 spiro atoms. The van der Waals surface area contributed by atoms with Crippen LogP contribution in [-0.4, -0.2) is 33.9 Å². The number of benzene rings is 3. The summed E-state index contributed by atoms with van der Waals surface area (Å²) < 4.78 is 24.1. The van der Waals surface area contributed by atoms with E-state index in [1.54, 1.807) is 28.4 Å². The summed E-state index contributed by atoms with van der Waals surface area (Å²) >= 11 is 0. The average Bonchev–Trinajstić information content (AvgIpc) is 2.71. The largest absolute Gasteiger partial charge is 1.00 e. The smallest absolute Gasteiger partial charge is 0.220 e. The van der Waals surface area contributed by atoms with Crippen molar-refractivity contribution in [3.63, 3.8) is 0 Å². The van der Waals surface area contributed by atoms with E-state index in [0.717, 1.165) is 43.9 Å². The van der Waals surface area contributed by atoms with Gasteiger partial charge in [-0.15, -0.1) is 0 Å². The Bertz CT molecular complexity index is 1190. The Kier molecular flexibility index (Phi) is 6.97. The Hall–Kier alpha value is -2.52. The van der Waals surface area contributed by atoms with Gasteiger partial charge < -0.3 is 48.4 Å². The molecule has 1 aromatic heterocycles. The zero-order chi connectivity index (χ0) is 19.1. The topological polar surface area (TPSA) is 72.3 Å². The third-order valence-corrected chi connectivity index (χ3v) is 5.03. The summed E-state index contributed by atoms with van der Waals surface area (Å²) in [6.07, 6.45) is 2.11. The summed E-state index contributed by atoms with van der Waals surface area (Å²) in [5, 5.41) is 5.52. The highest BCUT2D eigenvalue weighted by atomic mass is 127. The molecule has 0 aliphatic rings. The molecular weight excluding hydrogens is 485 g/mol. The Morgan fingerprint density at radius 1 is 0.621 bits per heavy atom. The van der Waals surface area contributed by atoms with E-state index in [2.05, 4.69) is 29.9 Å². The van der Waals surface area contributed by atoms with Crippen molar-refractivity contribution in [3.05, 3.63) is 42.6 Å². The minimum atomic E-state index is 0. The zero-order valence-corrected chi connectivity index (χ0v) is 19.2. The normalized spacial score (nSPS) is 10.4. The highest BCUT2D eigenvalue weighted by Crippen LogP contribution is 2.38. The Morgan fingerprint density at radius 3 is 1.66 bits per heavy atom. The molecule has 0 fully saturated rings. The van der Waals surface area contributed by atoms with Crippen LogP contribution in [0.15, 0.2) is 42.6 Å². The number of pyridine rings is 1. The first-order chi connectivity index (χ1) is 13.1. The third-order valence-electron chi connectivity index (χ3n) is 5.03. The number of ether oxygens (including phenoxy) is 4. The molecule has 0 bridgehead atoms. The second-order valence-corrected chi connectivity index (χ2v) is 6.42. The van der Waals surface area contributed by atoms with Crippen molar-refractivity contribution in [2.75, 3.05) is 28.4 Å². The first-order valence-electron chi connectivity index (χ1n) is 8.64. The van der Waals surface area contributed by atoms with Crippen LogP contribution < -0.4 is 47.5 Å². The van der Waals surface area contributed by atoms with Crippen LogP contribution in [-0.2, 0) is 7.05 Å². The van der Waals surface area contributed by atoms with Gasteiger partial charge in [-0.05, 0) is 35.7 Å². The molecule has 7 heteroatoms. The first-order valence-corrected chi connectivity index (χ1v) is 8.64. The minimum absolute atomic E-state index is 0. The monoisotopic (exact) mass is 509 g/mol. The van der Waals surface area contributed by atoms with Gasteiger partial charge in [0.05, 0.1) is 44.6 Å². The number of aromatic nitrogens is 1. The van der Waals surface area contributed by atoms with Gasteiger partial charge in [-0.3, -0.25) is 0 Å². The fourth-order valence-corrected chi connectivity index (χ4v) is 3.74. The van der Waals surface area contributed by atoms with Crippen molar-refractivity contribution in [1.29, 1.82) is 0 Å². The van der Waals surface area contributed by atoms with Crippen molar-refractivity contribution < 1.29 is 53.0 Å². The van der Waals surface area contributed by atoms with E-state index in [-0.39, 0.29) is 29.5 Å². The van der Waals surface area contributed by atoms with Crippen LogP contribution in [0.3, 0.4) is 0 Å². The van der Waals surface area contributed by atoms with Crippen molar-refractivity contribution >= 4 is 32.4 Å². The molecule has 4 rings (SSSR count). The molecule has 0 aliphatic heterocycles. The van der Waals surface area contributed by atoms with E-state index in [0.29, 0.717) is 11.5 Å². The van der Waals surface area contributed by atoms with Gasteiger partial charge in [-0.2, -0.15) is 4.57 Å². The van der Waals surface area contributed by atoms with E-state index >= 15 is 0 Å². The third kappa shape index (κ3) is 3.60. The van der Waals surface area contributed by atoms with E-state index in [1.165, 1.54) is 0 Å². The van der Waals surface area contributed by atoms with E-state index in [1.807, 2.05) is 24.3 Å². The quantitative estimate of drug-likeness (QED) is 0.224. The summed E-state index contributed by atoms with van der Waals surface area (Å²) in [6.45, 7) is 0. The van der Waals surface area contributed by atoms with Crippen LogP contribution >= 0.6 is 0 Å². The number of hydrogen-bond donors (Lipinski definition) is 0. The second-order valence-electron chi connectivity index (χ2n) is 6.42. The van der Waals surface area contributed by atoms with Crippen LogP contribution in [0.1, 0.15) is 0 Å². The SMILES string of the molecule is COc1cc2c[n+](C)c3c4cc(OC)c(OC)cc4ccc3c2cc1OC.O.[I-]. The van der Waals surface area contributed by atoms with Crippen LogP contribution in [0.5, 0.6) is 23.0 Å². The molecule has 0 saturated heterocycles. The van der Waals surface area contributed by atoms with Gasteiger partial charge in [0.25, 0.3) is 0 Å². The molecule has 6 nitrogen and oxygen atoms in total. The molecule has 0 radical (unpaired) electrons. The minimum Gasteiger partial charge on any atom is -1.00 e. The number of fused-ring (bicyclic) bond motifs is 5. The van der Waals surface area contributed by atoms with E-state index in [4.69, 9.17) is 18.9 Å². The summed E-state index contributed by atoms with van der Waals surface area (Å²) in [6, 6.07) is 12.3. The molecule has 0 amide bonds. The summed E-state index contributed by atoms with van der Waals surface area (Å²) in [5.74, 6) is 2.87. The van der Waals surface area contributed by atoms with Gasteiger partial charge in [-0.1, -0.05) is 6.07 Å². The lowest BCUT2D eigenvalue weighted by atomic mass is 10.00. The maximum atomic E-state index is 5.52. The van der Waals surface area contributed by atoms with Gasteiger partial charge in [0.2, 0.25) is 5.52 Å². The van der Waals surface area contributed by atoms with Crippen LogP contribution in [0.4, 0.5) is 0 Å². The molecule has 0 atom stereocenters. The summed E-state index contributed by atoms with van der Waals surface area (Å²) in [5.41, 5.74) is 1.12. The van der Waals surface area contributed by atoms with Crippen LogP contribution in [0.25, 0.3) is 32.4 Å². The van der Waals surface area contributed by atoms with Gasteiger partial charge in [0.1, 0.15) is 7.05 Å². The van der Waals surface area contributed by atoms with Crippen molar-refractivity contribution in [3.8, 4) is 23.0 Å². The first kappa shape index (κ1) is 22.8. The maximum absolute atomic E-state index is 5.52. The molecule has 4 aromatic rings.